The molecule has 0 saturated carbocycles. The van der Waals surface area contributed by atoms with Crippen LogP contribution in [0.3, 0.4) is 0 Å². The van der Waals surface area contributed by atoms with Crippen molar-refractivity contribution in [1.29, 1.82) is 0 Å². The Balaban J connectivity index is 1.58. The van der Waals surface area contributed by atoms with Gasteiger partial charge in [-0.3, -0.25) is 14.4 Å². The second kappa shape index (κ2) is 11.1. The van der Waals surface area contributed by atoms with E-state index in [0.29, 0.717) is 50.4 Å². The first-order valence-electron chi connectivity index (χ1n) is 14.0. The Bertz CT molecular complexity index is 1150. The highest BCUT2D eigenvalue weighted by atomic mass is 16.6. The monoisotopic (exact) mass is 538 g/mol. The topological polar surface area (TPSA) is 106 Å². The molecule has 2 fully saturated rings. The van der Waals surface area contributed by atoms with Crippen LogP contribution in [0, 0.1) is 11.8 Å². The molecule has 9 heteroatoms. The third kappa shape index (κ3) is 4.76. The maximum absolute atomic E-state index is 14.4. The van der Waals surface area contributed by atoms with Crippen LogP contribution >= 0.6 is 0 Å². The van der Waals surface area contributed by atoms with E-state index < -0.39 is 35.0 Å². The maximum atomic E-state index is 14.4. The lowest BCUT2D eigenvalue weighted by Crippen LogP contribution is -2.56. The van der Waals surface area contributed by atoms with E-state index in [1.54, 1.807) is 29.0 Å². The van der Waals surface area contributed by atoms with Crippen LogP contribution in [0.5, 0.6) is 5.75 Å². The number of fused-ring (bicyclic) bond motifs is 2. The molecule has 2 amide bonds. The Labute approximate surface area is 229 Å². The Hall–Kier alpha value is -3.17. The van der Waals surface area contributed by atoms with Gasteiger partial charge in [0, 0.05) is 25.4 Å². The minimum Gasteiger partial charge on any atom is -0.497 e. The van der Waals surface area contributed by atoms with Crippen LogP contribution in [-0.2, 0) is 23.9 Å². The summed E-state index contributed by atoms with van der Waals surface area (Å²) in [6, 6.07) is 6.29. The molecule has 1 N–H and O–H groups in total. The second-order valence-electron chi connectivity index (χ2n) is 10.9. The maximum Gasteiger partial charge on any atom is 0.313 e. The largest absolute Gasteiger partial charge is 0.497 e. The number of amides is 2. The zero-order chi connectivity index (χ0) is 27.6. The fraction of sp³-hybridized carbons (Fsp3) is 0.567. The first-order valence-corrected chi connectivity index (χ1v) is 14.0. The summed E-state index contributed by atoms with van der Waals surface area (Å²) in [6.45, 7) is 2.81. The van der Waals surface area contributed by atoms with E-state index in [4.69, 9.17) is 14.2 Å². The highest BCUT2D eigenvalue weighted by molar-refractivity contribution is 6.05. The van der Waals surface area contributed by atoms with Crippen molar-refractivity contribution in [1.82, 2.24) is 4.90 Å². The van der Waals surface area contributed by atoms with Crippen LogP contribution in [0.25, 0.3) is 0 Å². The summed E-state index contributed by atoms with van der Waals surface area (Å²) in [5, 5.41) is 9.25. The van der Waals surface area contributed by atoms with Gasteiger partial charge in [-0.05, 0) is 69.7 Å². The molecule has 39 heavy (non-hydrogen) atoms. The highest BCUT2D eigenvalue weighted by Gasteiger charge is 2.74. The number of hydrogen-bond acceptors (Lipinski definition) is 7. The van der Waals surface area contributed by atoms with Gasteiger partial charge < -0.3 is 29.1 Å². The van der Waals surface area contributed by atoms with E-state index in [1.807, 2.05) is 43.4 Å². The van der Waals surface area contributed by atoms with Gasteiger partial charge in [0.25, 0.3) is 5.91 Å². The van der Waals surface area contributed by atoms with Gasteiger partial charge >= 0.3 is 5.97 Å². The quantitative estimate of drug-likeness (QED) is 0.323. The molecule has 210 valence electrons. The van der Waals surface area contributed by atoms with Crippen molar-refractivity contribution < 1.29 is 33.7 Å². The van der Waals surface area contributed by atoms with Crippen molar-refractivity contribution in [2.75, 3.05) is 38.3 Å². The summed E-state index contributed by atoms with van der Waals surface area (Å²) in [5.41, 5.74) is -1.74. The fourth-order valence-electron chi connectivity index (χ4n) is 6.60. The minimum atomic E-state index is -1.32. The zero-order valence-electron chi connectivity index (χ0n) is 22.7. The van der Waals surface area contributed by atoms with Crippen LogP contribution < -0.4 is 9.64 Å². The Morgan fingerprint density at radius 1 is 1.00 bits per heavy atom. The number of unbranched alkanes of at least 4 members (excludes halogenated alkanes) is 2. The number of ether oxygens (including phenoxy) is 3. The lowest BCUT2D eigenvalue weighted by atomic mass is 9.74. The molecular weight excluding hydrogens is 500 g/mol. The predicted molar refractivity (Wildman–Crippen MR) is 144 cm³/mol. The van der Waals surface area contributed by atoms with Crippen LogP contribution in [0.1, 0.15) is 45.4 Å². The molecule has 1 aromatic rings. The fourth-order valence-corrected chi connectivity index (χ4v) is 6.60. The number of anilines is 1. The number of hydrogen-bond donors (Lipinski definition) is 1. The molecule has 1 unspecified atom stereocenters. The SMILES string of the molecule is COc1ccc(N2CC=C[C@]34O[C@@]5(C)/C=C\CCCCOC(=O)[C@H]5[C@H]3C(=O)N(CCCCCO)C4C2=O)cc1. The van der Waals surface area contributed by atoms with Gasteiger partial charge in [-0.2, -0.15) is 0 Å². The Morgan fingerprint density at radius 2 is 1.79 bits per heavy atom. The molecule has 4 aliphatic rings. The van der Waals surface area contributed by atoms with Gasteiger partial charge in [-0.25, -0.2) is 0 Å². The summed E-state index contributed by atoms with van der Waals surface area (Å²) < 4.78 is 17.8. The van der Waals surface area contributed by atoms with Gasteiger partial charge in [0.1, 0.15) is 23.3 Å². The number of aliphatic hydroxyl groups excluding tert-OH is 1. The number of nitrogens with zero attached hydrogens (tertiary/aromatic N) is 2. The number of likely N-dealkylation sites (tertiary alicyclic amines) is 1. The first kappa shape index (κ1) is 27.4. The van der Waals surface area contributed by atoms with E-state index in [0.717, 1.165) is 19.3 Å². The molecule has 1 aromatic carbocycles. The van der Waals surface area contributed by atoms with Crippen LogP contribution in [-0.4, -0.2) is 78.4 Å². The average molecular weight is 539 g/mol. The molecule has 2 saturated heterocycles. The molecule has 0 aliphatic carbocycles. The highest BCUT2D eigenvalue weighted by Crippen LogP contribution is 2.57. The van der Waals surface area contributed by atoms with Crippen molar-refractivity contribution in [3.63, 3.8) is 0 Å². The van der Waals surface area contributed by atoms with Crippen molar-refractivity contribution >= 4 is 23.5 Å². The number of benzene rings is 1. The smallest absolute Gasteiger partial charge is 0.313 e. The molecule has 0 bridgehead atoms. The van der Waals surface area contributed by atoms with Gasteiger partial charge in [0.05, 0.1) is 25.2 Å². The number of cyclic esters (lactones) is 1. The Morgan fingerprint density at radius 3 is 2.54 bits per heavy atom. The Kier molecular flexibility index (Phi) is 7.82. The van der Waals surface area contributed by atoms with Gasteiger partial charge in [-0.1, -0.05) is 24.3 Å². The number of methoxy groups -OCH3 is 1. The number of carbonyl (C=O) groups is 3. The third-order valence-electron chi connectivity index (χ3n) is 8.44. The molecule has 0 aromatic heterocycles. The van der Waals surface area contributed by atoms with E-state index in [9.17, 15) is 19.5 Å². The molecule has 0 radical (unpaired) electrons. The molecule has 4 aliphatic heterocycles. The van der Waals surface area contributed by atoms with Gasteiger partial charge in [0.15, 0.2) is 0 Å². The molecule has 5 rings (SSSR count). The number of allylic oxidation sites excluding steroid dienone is 1. The normalized spacial score (nSPS) is 33.2. The minimum absolute atomic E-state index is 0.0680. The van der Waals surface area contributed by atoms with E-state index in [2.05, 4.69) is 0 Å². The predicted octanol–water partition coefficient (Wildman–Crippen LogP) is 3.01. The summed E-state index contributed by atoms with van der Waals surface area (Å²) in [6.07, 6.45) is 12.0. The first-order chi connectivity index (χ1) is 18.9. The van der Waals surface area contributed by atoms with Crippen molar-refractivity contribution in [2.24, 2.45) is 11.8 Å². The van der Waals surface area contributed by atoms with Crippen molar-refractivity contribution in [3.8, 4) is 5.75 Å². The number of rotatable bonds is 7. The summed E-state index contributed by atoms with van der Waals surface area (Å²) in [5.74, 6) is -2.08. The molecule has 9 nitrogen and oxygen atoms in total. The standard InChI is InChI=1S/C30H38N2O7/c1-29-15-6-3-4-9-20-38-28(36)24(29)23-26(34)32(17-7-5-8-19-33)25-27(35)31(18-10-16-30(23,25)39-29)21-11-13-22(37-2)14-12-21/h6,10-16,23-25,33H,3-5,7-9,17-20H2,1-2H3/b15-6-/t23-,24+,25?,29-,30-/m0/s1. The number of esters is 1. The summed E-state index contributed by atoms with van der Waals surface area (Å²) in [7, 11) is 1.59. The molecular formula is C30H38N2O7. The van der Waals surface area contributed by atoms with Gasteiger partial charge in [0.2, 0.25) is 5.91 Å². The third-order valence-corrected chi connectivity index (χ3v) is 8.44. The average Bonchev–Trinajstić information content (AvgIpc) is 3.25. The molecule has 4 heterocycles. The van der Waals surface area contributed by atoms with Crippen molar-refractivity contribution in [2.45, 2.75) is 62.7 Å². The van der Waals surface area contributed by atoms with E-state index in [-0.39, 0.29) is 18.4 Å². The van der Waals surface area contributed by atoms with Crippen LogP contribution in [0.2, 0.25) is 0 Å². The lowest BCUT2D eigenvalue weighted by molar-refractivity contribution is -0.158. The number of aliphatic hydroxyl groups is 1. The second-order valence-corrected chi connectivity index (χ2v) is 10.9. The van der Waals surface area contributed by atoms with E-state index >= 15 is 0 Å². The van der Waals surface area contributed by atoms with Crippen molar-refractivity contribution in [3.05, 3.63) is 48.6 Å². The summed E-state index contributed by atoms with van der Waals surface area (Å²) in [4.78, 5) is 45.4. The van der Waals surface area contributed by atoms with E-state index in [1.165, 1.54) is 0 Å². The molecule has 5 atom stereocenters. The molecule has 1 spiro atoms. The summed E-state index contributed by atoms with van der Waals surface area (Å²) >= 11 is 0. The lowest BCUT2D eigenvalue weighted by Gasteiger charge is -2.37. The number of carbonyl (C=O) groups excluding carboxylic acids is 3. The van der Waals surface area contributed by atoms with Crippen LogP contribution in [0.4, 0.5) is 5.69 Å². The zero-order valence-corrected chi connectivity index (χ0v) is 22.7. The van der Waals surface area contributed by atoms with Crippen LogP contribution in [0.15, 0.2) is 48.6 Å². The van der Waals surface area contributed by atoms with Gasteiger partial charge in [-0.15, -0.1) is 0 Å².